The van der Waals surface area contributed by atoms with Crippen molar-refractivity contribution >= 4 is 30.7 Å². The second-order valence-electron chi connectivity index (χ2n) is 5.46. The number of nitrogens with zero attached hydrogens (tertiary/aromatic N) is 1. The molecule has 2 atom stereocenters. The summed E-state index contributed by atoms with van der Waals surface area (Å²) in [7, 11) is 0. The van der Waals surface area contributed by atoms with Crippen molar-refractivity contribution in [3.8, 4) is 0 Å². The third-order valence-electron chi connectivity index (χ3n) is 4.01. The second kappa shape index (κ2) is 9.81. The van der Waals surface area contributed by atoms with Crippen LogP contribution in [0.25, 0.3) is 0 Å². The Morgan fingerprint density at radius 2 is 1.84 bits per heavy atom. The van der Waals surface area contributed by atoms with Crippen molar-refractivity contribution in [3.63, 3.8) is 0 Å². The number of carbonyl (C=O) groups excluding carboxylic acids is 1. The molecule has 114 valence electrons. The lowest BCUT2D eigenvalue weighted by Crippen LogP contribution is -2.40. The molecule has 3 N–H and O–H groups in total. The fourth-order valence-corrected chi connectivity index (χ4v) is 2.95. The maximum absolute atomic E-state index is 11.9. The number of nitrogens with two attached hydrogens (primary N) is 1. The SMILES string of the molecule is Cl.Cl.NC1CCCC(C(=O)NCCN2CCCC2)C1. The van der Waals surface area contributed by atoms with E-state index in [1.165, 1.54) is 25.9 Å². The number of hydrogen-bond acceptors (Lipinski definition) is 3. The predicted molar refractivity (Wildman–Crippen MR) is 83.1 cm³/mol. The van der Waals surface area contributed by atoms with Gasteiger partial charge in [0.25, 0.3) is 0 Å². The maximum Gasteiger partial charge on any atom is 0.223 e. The van der Waals surface area contributed by atoms with Gasteiger partial charge >= 0.3 is 0 Å². The molecule has 0 aromatic carbocycles. The first kappa shape index (κ1) is 19.0. The number of nitrogens with one attached hydrogen (secondary N) is 1. The van der Waals surface area contributed by atoms with Gasteiger partial charge in [0, 0.05) is 25.0 Å². The van der Waals surface area contributed by atoms with E-state index in [0.717, 1.165) is 38.8 Å². The highest BCUT2D eigenvalue weighted by Crippen LogP contribution is 2.22. The van der Waals surface area contributed by atoms with Crippen LogP contribution in [0.4, 0.5) is 0 Å². The van der Waals surface area contributed by atoms with Crippen molar-refractivity contribution in [2.75, 3.05) is 26.2 Å². The van der Waals surface area contributed by atoms with Crippen molar-refractivity contribution in [1.29, 1.82) is 0 Å². The van der Waals surface area contributed by atoms with Gasteiger partial charge in [-0.1, -0.05) is 6.42 Å². The zero-order chi connectivity index (χ0) is 12.1. The molecule has 1 aliphatic carbocycles. The van der Waals surface area contributed by atoms with Gasteiger partial charge in [0.2, 0.25) is 5.91 Å². The summed E-state index contributed by atoms with van der Waals surface area (Å²) in [6.45, 7) is 4.20. The molecule has 2 aliphatic rings. The van der Waals surface area contributed by atoms with E-state index >= 15 is 0 Å². The number of carbonyl (C=O) groups is 1. The van der Waals surface area contributed by atoms with E-state index in [1.807, 2.05) is 0 Å². The zero-order valence-corrected chi connectivity index (χ0v) is 13.1. The first-order chi connectivity index (χ1) is 8.25. The van der Waals surface area contributed by atoms with Crippen LogP contribution < -0.4 is 11.1 Å². The minimum atomic E-state index is 0. The van der Waals surface area contributed by atoms with E-state index in [0.29, 0.717) is 0 Å². The van der Waals surface area contributed by atoms with Crippen molar-refractivity contribution in [1.82, 2.24) is 10.2 Å². The van der Waals surface area contributed by atoms with Gasteiger partial charge in [-0.25, -0.2) is 0 Å². The van der Waals surface area contributed by atoms with Gasteiger partial charge in [0.15, 0.2) is 0 Å². The molecule has 0 bridgehead atoms. The molecule has 0 radical (unpaired) electrons. The summed E-state index contributed by atoms with van der Waals surface area (Å²) >= 11 is 0. The van der Waals surface area contributed by atoms with Gasteiger partial charge in [-0.3, -0.25) is 4.79 Å². The van der Waals surface area contributed by atoms with Crippen LogP contribution in [0.1, 0.15) is 38.5 Å². The Bertz CT molecular complexity index is 260. The molecule has 0 aromatic heterocycles. The number of rotatable bonds is 4. The standard InChI is InChI=1S/C13H25N3O.2ClH/c14-12-5-3-4-11(10-12)13(17)15-6-9-16-7-1-2-8-16;;/h11-12H,1-10,14H2,(H,15,17);2*1H. The predicted octanol–water partition coefficient (Wildman–Crippen LogP) is 1.56. The van der Waals surface area contributed by atoms with E-state index in [9.17, 15) is 4.79 Å². The molecule has 2 fully saturated rings. The van der Waals surface area contributed by atoms with Crippen molar-refractivity contribution in [3.05, 3.63) is 0 Å². The Morgan fingerprint density at radius 3 is 2.47 bits per heavy atom. The van der Waals surface area contributed by atoms with Crippen LogP contribution >= 0.6 is 24.8 Å². The van der Waals surface area contributed by atoms with Crippen LogP contribution in [0.2, 0.25) is 0 Å². The lowest BCUT2D eigenvalue weighted by molar-refractivity contribution is -0.126. The maximum atomic E-state index is 11.9. The summed E-state index contributed by atoms with van der Waals surface area (Å²) < 4.78 is 0. The Kier molecular flexibility index (Phi) is 9.79. The summed E-state index contributed by atoms with van der Waals surface area (Å²) in [6, 6.07) is 0.234. The van der Waals surface area contributed by atoms with Crippen LogP contribution in [0, 0.1) is 5.92 Å². The molecule has 4 nitrogen and oxygen atoms in total. The highest BCUT2D eigenvalue weighted by atomic mass is 35.5. The number of amides is 1. The number of halogens is 2. The van der Waals surface area contributed by atoms with Gasteiger partial charge in [-0.15, -0.1) is 24.8 Å². The van der Waals surface area contributed by atoms with Gasteiger partial charge in [-0.05, 0) is 45.2 Å². The monoisotopic (exact) mass is 311 g/mol. The highest BCUT2D eigenvalue weighted by molar-refractivity contribution is 5.85. The van der Waals surface area contributed by atoms with Crippen molar-refractivity contribution in [2.45, 2.75) is 44.6 Å². The summed E-state index contributed by atoms with van der Waals surface area (Å²) in [5, 5.41) is 3.06. The van der Waals surface area contributed by atoms with Crippen LogP contribution in [0.3, 0.4) is 0 Å². The van der Waals surface area contributed by atoms with Gasteiger partial charge in [0.1, 0.15) is 0 Å². The summed E-state index contributed by atoms with van der Waals surface area (Å²) in [5.41, 5.74) is 5.90. The minimum absolute atomic E-state index is 0. The summed E-state index contributed by atoms with van der Waals surface area (Å²) in [4.78, 5) is 14.4. The lowest BCUT2D eigenvalue weighted by atomic mass is 9.85. The quantitative estimate of drug-likeness (QED) is 0.828. The van der Waals surface area contributed by atoms with E-state index in [2.05, 4.69) is 10.2 Å². The second-order valence-corrected chi connectivity index (χ2v) is 5.46. The van der Waals surface area contributed by atoms with Crippen molar-refractivity contribution < 1.29 is 4.79 Å². The van der Waals surface area contributed by atoms with Crippen LogP contribution in [-0.2, 0) is 4.79 Å². The largest absolute Gasteiger partial charge is 0.355 e. The van der Waals surface area contributed by atoms with E-state index in [-0.39, 0.29) is 42.7 Å². The zero-order valence-electron chi connectivity index (χ0n) is 11.5. The Hall–Kier alpha value is -0.0300. The molecule has 0 spiro atoms. The van der Waals surface area contributed by atoms with Crippen LogP contribution in [-0.4, -0.2) is 43.0 Å². The average molecular weight is 312 g/mol. The summed E-state index contributed by atoms with van der Waals surface area (Å²) in [5.74, 6) is 0.386. The molecule has 1 aliphatic heterocycles. The molecular weight excluding hydrogens is 285 g/mol. The molecule has 1 saturated heterocycles. The Balaban J connectivity index is 0.00000162. The molecule has 1 saturated carbocycles. The van der Waals surface area contributed by atoms with Crippen LogP contribution in [0.5, 0.6) is 0 Å². The normalized spacial score (nSPS) is 27.2. The van der Waals surface area contributed by atoms with Gasteiger partial charge in [0.05, 0.1) is 0 Å². The Labute approximate surface area is 128 Å². The summed E-state index contributed by atoms with van der Waals surface area (Å²) in [6.07, 6.45) is 6.69. The average Bonchev–Trinajstić information content (AvgIpc) is 2.82. The topological polar surface area (TPSA) is 58.4 Å². The molecule has 1 amide bonds. The minimum Gasteiger partial charge on any atom is -0.355 e. The number of hydrogen-bond donors (Lipinski definition) is 2. The van der Waals surface area contributed by atoms with E-state index in [4.69, 9.17) is 5.73 Å². The van der Waals surface area contributed by atoms with Gasteiger partial charge < -0.3 is 16.0 Å². The lowest BCUT2D eigenvalue weighted by Gasteiger charge is -2.26. The van der Waals surface area contributed by atoms with Gasteiger partial charge in [-0.2, -0.15) is 0 Å². The van der Waals surface area contributed by atoms with E-state index < -0.39 is 0 Å². The smallest absolute Gasteiger partial charge is 0.223 e. The molecule has 6 heteroatoms. The third kappa shape index (κ3) is 6.30. The Morgan fingerprint density at radius 1 is 1.16 bits per heavy atom. The third-order valence-corrected chi connectivity index (χ3v) is 4.01. The highest BCUT2D eigenvalue weighted by Gasteiger charge is 2.25. The van der Waals surface area contributed by atoms with Crippen molar-refractivity contribution in [2.24, 2.45) is 11.7 Å². The molecule has 1 heterocycles. The first-order valence-corrected chi connectivity index (χ1v) is 7.01. The van der Waals surface area contributed by atoms with E-state index in [1.54, 1.807) is 0 Å². The first-order valence-electron chi connectivity index (χ1n) is 7.01. The molecule has 2 rings (SSSR count). The molecule has 0 aromatic rings. The van der Waals surface area contributed by atoms with Crippen LogP contribution in [0.15, 0.2) is 0 Å². The molecular formula is C13H27Cl2N3O. The fraction of sp³-hybridized carbons (Fsp3) is 0.923. The number of likely N-dealkylation sites (tertiary alicyclic amines) is 1. The fourth-order valence-electron chi connectivity index (χ4n) is 2.95. The molecule has 2 unspecified atom stereocenters. The molecule has 19 heavy (non-hydrogen) atoms.